The first-order valence-corrected chi connectivity index (χ1v) is 19.7. The van der Waals surface area contributed by atoms with Crippen LogP contribution in [-0.4, -0.2) is 92.0 Å². The summed E-state index contributed by atoms with van der Waals surface area (Å²) in [5.41, 5.74) is 2.60. The topological polar surface area (TPSA) is 148 Å². The first kappa shape index (κ1) is 42.6. The van der Waals surface area contributed by atoms with Gasteiger partial charge in [-0.3, -0.25) is 19.5 Å². The van der Waals surface area contributed by atoms with Crippen molar-refractivity contribution in [2.75, 3.05) is 14.1 Å². The van der Waals surface area contributed by atoms with E-state index in [1.165, 1.54) is 26.0 Å². The predicted molar refractivity (Wildman–Crippen MR) is 215 cm³/mol. The van der Waals surface area contributed by atoms with Gasteiger partial charge in [-0.25, -0.2) is 14.6 Å². The average Bonchev–Trinajstić information content (AvgIpc) is 3.68. The summed E-state index contributed by atoms with van der Waals surface area (Å²) in [4.78, 5) is 69.9. The van der Waals surface area contributed by atoms with Gasteiger partial charge in [0.15, 0.2) is 0 Å². The van der Waals surface area contributed by atoms with E-state index in [9.17, 15) is 14.7 Å². The highest BCUT2D eigenvalue weighted by molar-refractivity contribution is 7.09. The summed E-state index contributed by atoms with van der Waals surface area (Å²) in [7, 11) is 3.23. The van der Waals surface area contributed by atoms with Gasteiger partial charge in [0.1, 0.15) is 17.1 Å². The largest absolute Gasteiger partial charge is 0.393 e. The van der Waals surface area contributed by atoms with Gasteiger partial charge in [-0.2, -0.15) is 0 Å². The molecule has 0 radical (unpaired) electrons. The fraction of sp³-hybridized carbons (Fsp3) is 0.429. The van der Waals surface area contributed by atoms with Crippen molar-refractivity contribution >= 4 is 35.2 Å². The molecular formula is C42H55N7O5S. The van der Waals surface area contributed by atoms with E-state index < -0.39 is 59.9 Å². The first-order valence-electron chi connectivity index (χ1n) is 18.8. The number of urea groups is 2. The van der Waals surface area contributed by atoms with Crippen LogP contribution >= 0.6 is 11.3 Å². The maximum atomic E-state index is 15.0. The van der Waals surface area contributed by atoms with E-state index in [0.29, 0.717) is 18.5 Å². The van der Waals surface area contributed by atoms with Crippen LogP contribution in [0, 0.1) is 11.8 Å². The summed E-state index contributed by atoms with van der Waals surface area (Å²) >= 11 is 1.42. The molecule has 12 nitrogen and oxygen atoms in total. The summed E-state index contributed by atoms with van der Waals surface area (Å²) in [5, 5.41) is 19.9. The molecule has 4 rings (SSSR count). The van der Waals surface area contributed by atoms with Gasteiger partial charge in [-0.1, -0.05) is 94.4 Å². The van der Waals surface area contributed by atoms with Gasteiger partial charge >= 0.3 is 12.1 Å². The zero-order chi connectivity index (χ0) is 39.9. The molecule has 0 aliphatic rings. The molecule has 55 heavy (non-hydrogen) atoms. The summed E-state index contributed by atoms with van der Waals surface area (Å²) in [6.07, 6.45) is 3.78. The third-order valence-corrected chi connectivity index (χ3v) is 10.2. The van der Waals surface area contributed by atoms with Crippen LogP contribution in [0.4, 0.5) is 9.59 Å². The lowest BCUT2D eigenvalue weighted by atomic mass is 9.92. The van der Waals surface area contributed by atoms with Crippen molar-refractivity contribution in [3.05, 3.63) is 118 Å². The zero-order valence-electron chi connectivity index (χ0n) is 32.7. The number of benzene rings is 2. The van der Waals surface area contributed by atoms with Gasteiger partial charge in [0.05, 0.1) is 24.9 Å². The molecule has 0 fully saturated rings. The van der Waals surface area contributed by atoms with Crippen LogP contribution in [-0.2, 0) is 35.5 Å². The second-order valence-corrected chi connectivity index (χ2v) is 15.6. The van der Waals surface area contributed by atoms with E-state index in [4.69, 9.17) is 0 Å². The van der Waals surface area contributed by atoms with Gasteiger partial charge in [-0.15, -0.1) is 11.3 Å². The smallest absolute Gasteiger partial charge is 0.318 e. The van der Waals surface area contributed by atoms with Gasteiger partial charge in [0.25, 0.3) is 11.8 Å². The number of nitrogens with zero attached hydrogens (tertiary/aromatic N) is 5. The molecule has 0 spiro atoms. The maximum absolute atomic E-state index is 15.0. The molecule has 4 aromatic rings. The number of carbonyl (C=O) groups excluding carboxylic acids is 4. The van der Waals surface area contributed by atoms with Crippen LogP contribution in [0.5, 0.6) is 0 Å². The van der Waals surface area contributed by atoms with Crippen molar-refractivity contribution in [3.8, 4) is 0 Å². The summed E-state index contributed by atoms with van der Waals surface area (Å²) in [6.45, 7) is 7.67. The number of hydrogen-bond acceptors (Lipinski definition) is 8. The number of carbonyl (C=O) groups is 4. The normalized spacial score (nSPS) is 13.4. The second-order valence-electron chi connectivity index (χ2n) is 14.6. The number of thiazole rings is 1. The number of pyridine rings is 1. The van der Waals surface area contributed by atoms with Crippen molar-refractivity contribution in [2.24, 2.45) is 11.8 Å². The van der Waals surface area contributed by atoms with Crippen LogP contribution in [0.3, 0.4) is 0 Å². The Hall–Kier alpha value is -5.14. The lowest BCUT2D eigenvalue weighted by Gasteiger charge is -2.38. The number of imide groups is 1. The maximum Gasteiger partial charge on any atom is 0.318 e. The third kappa shape index (κ3) is 13.0. The Balaban J connectivity index is 1.70. The highest BCUT2D eigenvalue weighted by atomic mass is 32.1. The average molecular weight is 770 g/mol. The minimum atomic E-state index is -1.11. The molecule has 2 aromatic carbocycles. The molecule has 0 aliphatic carbocycles. The number of aliphatic hydroxyl groups is 1. The summed E-state index contributed by atoms with van der Waals surface area (Å²) < 4.78 is 0. The number of aryl methyl sites for hydroxylation is 1. The van der Waals surface area contributed by atoms with Crippen molar-refractivity contribution < 1.29 is 24.3 Å². The molecule has 13 heteroatoms. The number of nitrogens with one attached hydrogen (secondary N) is 2. The number of amides is 6. The number of hydrogen-bond donors (Lipinski definition) is 3. The quantitative estimate of drug-likeness (QED) is 0.114. The monoisotopic (exact) mass is 769 g/mol. The van der Waals surface area contributed by atoms with E-state index in [0.717, 1.165) is 16.1 Å². The van der Waals surface area contributed by atoms with E-state index in [2.05, 4.69) is 20.6 Å². The third-order valence-electron chi connectivity index (χ3n) is 9.41. The van der Waals surface area contributed by atoms with Gasteiger partial charge in [0.2, 0.25) is 0 Å². The summed E-state index contributed by atoms with van der Waals surface area (Å²) in [5.74, 6) is -2.08. The molecular weight excluding hydrogens is 715 g/mol. The molecule has 0 saturated heterocycles. The van der Waals surface area contributed by atoms with Gasteiger partial charge in [0, 0.05) is 37.9 Å². The lowest BCUT2D eigenvalue weighted by molar-refractivity contribution is -0.152. The first-order chi connectivity index (χ1) is 26.3. The molecule has 4 atom stereocenters. The Morgan fingerprint density at radius 2 is 1.25 bits per heavy atom. The standard InChI is InChI=1S/C42H55N7O5S/c1-29(2)37(45-41(53)47(5)27-33-19-13-14-22-43-33)39(51)49(40(52)38(30(3)4)46-42(54)48(6)28-36-44-23-24-55-36)34(25-32-17-11-8-12-18-32)26-35(50)21-20-31-15-9-7-10-16-31/h7-19,22-24,29-30,34-35,37-38,50H,20-21,25-28H2,1-6H3,(H,45,53)(H,46,54)/t34?,35?,37-,38-/m0/s1. The van der Waals surface area contributed by atoms with Crippen molar-refractivity contribution in [3.63, 3.8) is 0 Å². The van der Waals surface area contributed by atoms with Gasteiger partial charge in [-0.05, 0) is 60.8 Å². The number of aromatic nitrogens is 2. The minimum absolute atomic E-state index is 0.0836. The summed E-state index contributed by atoms with van der Waals surface area (Å²) in [6, 6.07) is 20.7. The molecule has 0 saturated carbocycles. The van der Waals surface area contributed by atoms with Gasteiger partial charge < -0.3 is 25.5 Å². The van der Waals surface area contributed by atoms with Crippen molar-refractivity contribution in [2.45, 2.75) is 90.7 Å². The molecule has 6 amide bonds. The molecule has 2 heterocycles. The molecule has 2 aromatic heterocycles. The van der Waals surface area contributed by atoms with Crippen LogP contribution in [0.25, 0.3) is 0 Å². The Labute approximate surface area is 329 Å². The van der Waals surface area contributed by atoms with E-state index in [1.54, 1.807) is 52.5 Å². The zero-order valence-corrected chi connectivity index (χ0v) is 33.5. The molecule has 0 aliphatic heterocycles. The van der Waals surface area contributed by atoms with E-state index in [1.807, 2.05) is 86.0 Å². The van der Waals surface area contributed by atoms with Crippen molar-refractivity contribution in [1.82, 2.24) is 35.3 Å². The molecule has 0 bridgehead atoms. The van der Waals surface area contributed by atoms with Crippen molar-refractivity contribution in [1.29, 1.82) is 0 Å². The Bertz CT molecular complexity index is 1780. The lowest BCUT2D eigenvalue weighted by Crippen LogP contribution is -2.62. The Morgan fingerprint density at radius 1 is 0.709 bits per heavy atom. The highest BCUT2D eigenvalue weighted by Gasteiger charge is 2.42. The minimum Gasteiger partial charge on any atom is -0.393 e. The van der Waals surface area contributed by atoms with Crippen LogP contribution in [0.2, 0.25) is 0 Å². The van der Waals surface area contributed by atoms with Crippen LogP contribution < -0.4 is 10.6 Å². The SMILES string of the molecule is CC(C)[C@H](NC(=O)N(C)Cc1ccccn1)C(=O)N(C(=O)[C@@H](NC(=O)N(C)Cc1nccs1)C(C)C)C(Cc1ccccc1)CC(O)CCc1ccccc1. The van der Waals surface area contributed by atoms with Crippen LogP contribution in [0.1, 0.15) is 62.4 Å². The van der Waals surface area contributed by atoms with Crippen LogP contribution in [0.15, 0.2) is 96.6 Å². The van der Waals surface area contributed by atoms with E-state index in [-0.39, 0.29) is 25.9 Å². The number of aliphatic hydroxyl groups excluding tert-OH is 1. The Kier molecular flexibility index (Phi) is 16.3. The highest BCUT2D eigenvalue weighted by Crippen LogP contribution is 2.23. The predicted octanol–water partition coefficient (Wildman–Crippen LogP) is 5.92. The number of rotatable bonds is 18. The second kappa shape index (κ2) is 21.1. The Morgan fingerprint density at radius 3 is 1.76 bits per heavy atom. The molecule has 3 N–H and O–H groups in total. The molecule has 294 valence electrons. The molecule has 2 unspecified atom stereocenters. The fourth-order valence-electron chi connectivity index (χ4n) is 6.27. The van der Waals surface area contributed by atoms with E-state index >= 15 is 9.59 Å². The fourth-order valence-corrected chi connectivity index (χ4v) is 6.94.